The standard InChI is InChI=1S/C24H24N2O6/c1-2-14-32-19-10-8-18(9-11-19)26-22(28)15-20(24(26)31)25(21(27)12-13-23(29)30)16-17-6-4-3-5-7-17/h3-13,20H,2,14-16H2,1H3,(H,29,30)/b13-12+. The summed E-state index contributed by atoms with van der Waals surface area (Å²) in [6.45, 7) is 2.61. The SMILES string of the molecule is CCCOc1ccc(N2C(=O)CC(N(Cc3ccccc3)C(=O)/C=C/C(=O)O)C2=O)cc1. The van der Waals surface area contributed by atoms with E-state index >= 15 is 0 Å². The first-order valence-corrected chi connectivity index (χ1v) is 10.3. The van der Waals surface area contributed by atoms with Gasteiger partial charge < -0.3 is 14.7 Å². The van der Waals surface area contributed by atoms with E-state index in [0.717, 1.165) is 23.0 Å². The Balaban J connectivity index is 1.85. The number of carbonyl (C=O) groups excluding carboxylic acids is 3. The van der Waals surface area contributed by atoms with Gasteiger partial charge in [-0.2, -0.15) is 0 Å². The third-order valence-corrected chi connectivity index (χ3v) is 4.91. The zero-order valence-corrected chi connectivity index (χ0v) is 17.6. The van der Waals surface area contributed by atoms with E-state index in [1.54, 1.807) is 48.5 Å². The summed E-state index contributed by atoms with van der Waals surface area (Å²) in [7, 11) is 0. The average Bonchev–Trinajstić information content (AvgIpc) is 3.09. The number of hydrogen-bond acceptors (Lipinski definition) is 5. The Morgan fingerprint density at radius 2 is 1.78 bits per heavy atom. The van der Waals surface area contributed by atoms with E-state index in [1.165, 1.54) is 4.90 Å². The highest BCUT2D eigenvalue weighted by Gasteiger charge is 2.44. The van der Waals surface area contributed by atoms with Gasteiger partial charge in [-0.1, -0.05) is 37.3 Å². The molecule has 3 amide bonds. The number of hydrogen-bond donors (Lipinski definition) is 1. The third kappa shape index (κ3) is 5.40. The van der Waals surface area contributed by atoms with Crippen LogP contribution in [0.5, 0.6) is 5.75 Å². The second-order valence-corrected chi connectivity index (χ2v) is 7.25. The molecule has 2 aromatic rings. The van der Waals surface area contributed by atoms with Crippen LogP contribution in [0.2, 0.25) is 0 Å². The van der Waals surface area contributed by atoms with E-state index in [4.69, 9.17) is 9.84 Å². The van der Waals surface area contributed by atoms with Gasteiger partial charge in [0.15, 0.2) is 0 Å². The van der Waals surface area contributed by atoms with Gasteiger partial charge in [-0.3, -0.25) is 14.4 Å². The number of aliphatic carboxylic acids is 1. The molecule has 2 aromatic carbocycles. The fourth-order valence-corrected chi connectivity index (χ4v) is 3.40. The van der Waals surface area contributed by atoms with Crippen LogP contribution in [0.4, 0.5) is 5.69 Å². The first kappa shape index (κ1) is 22.7. The minimum Gasteiger partial charge on any atom is -0.494 e. The van der Waals surface area contributed by atoms with E-state index in [0.29, 0.717) is 24.1 Å². The van der Waals surface area contributed by atoms with Crippen molar-refractivity contribution in [1.82, 2.24) is 4.90 Å². The van der Waals surface area contributed by atoms with Crippen LogP contribution in [0.25, 0.3) is 0 Å². The van der Waals surface area contributed by atoms with E-state index < -0.39 is 29.7 Å². The smallest absolute Gasteiger partial charge is 0.328 e. The Kier molecular flexibility index (Phi) is 7.38. The first-order chi connectivity index (χ1) is 15.4. The number of benzene rings is 2. The van der Waals surface area contributed by atoms with Crippen molar-refractivity contribution in [3.05, 3.63) is 72.3 Å². The largest absolute Gasteiger partial charge is 0.494 e. The van der Waals surface area contributed by atoms with Gasteiger partial charge in [-0.05, 0) is 36.2 Å². The quantitative estimate of drug-likeness (QED) is 0.479. The molecule has 0 aromatic heterocycles. The zero-order valence-electron chi connectivity index (χ0n) is 17.6. The molecule has 166 valence electrons. The number of carboxylic acids is 1. The molecule has 0 aliphatic carbocycles. The summed E-state index contributed by atoms with van der Waals surface area (Å²) in [6.07, 6.45) is 2.28. The van der Waals surface area contributed by atoms with Crippen molar-refractivity contribution in [1.29, 1.82) is 0 Å². The minimum atomic E-state index is -1.28. The van der Waals surface area contributed by atoms with Crippen molar-refractivity contribution in [3.8, 4) is 5.75 Å². The van der Waals surface area contributed by atoms with Gasteiger partial charge in [0.1, 0.15) is 11.8 Å². The van der Waals surface area contributed by atoms with Gasteiger partial charge in [-0.25, -0.2) is 9.69 Å². The zero-order chi connectivity index (χ0) is 23.1. The molecular weight excluding hydrogens is 412 g/mol. The molecular formula is C24H24N2O6. The normalized spacial score (nSPS) is 15.9. The molecule has 0 radical (unpaired) electrons. The molecule has 8 nitrogen and oxygen atoms in total. The van der Waals surface area contributed by atoms with Crippen LogP contribution in [0, 0.1) is 0 Å². The van der Waals surface area contributed by atoms with Crippen molar-refractivity contribution in [3.63, 3.8) is 0 Å². The van der Waals surface area contributed by atoms with Crippen LogP contribution < -0.4 is 9.64 Å². The van der Waals surface area contributed by atoms with Crippen LogP contribution in [0.15, 0.2) is 66.7 Å². The first-order valence-electron chi connectivity index (χ1n) is 10.3. The molecule has 1 atom stereocenters. The van der Waals surface area contributed by atoms with Crippen molar-refractivity contribution < 1.29 is 29.0 Å². The number of anilines is 1. The van der Waals surface area contributed by atoms with Crippen molar-refractivity contribution in [2.24, 2.45) is 0 Å². The van der Waals surface area contributed by atoms with Crippen molar-refractivity contribution >= 4 is 29.4 Å². The van der Waals surface area contributed by atoms with E-state index in [-0.39, 0.29) is 13.0 Å². The lowest BCUT2D eigenvalue weighted by molar-refractivity contribution is -0.135. The Hall–Kier alpha value is -3.94. The molecule has 1 aliphatic heterocycles. The number of imide groups is 1. The van der Waals surface area contributed by atoms with Crippen molar-refractivity contribution in [2.75, 3.05) is 11.5 Å². The molecule has 8 heteroatoms. The molecule has 1 N–H and O–H groups in total. The predicted molar refractivity (Wildman–Crippen MR) is 117 cm³/mol. The number of rotatable bonds is 9. The van der Waals surface area contributed by atoms with Gasteiger partial charge in [0, 0.05) is 18.7 Å². The summed E-state index contributed by atoms with van der Waals surface area (Å²) in [6, 6.07) is 14.5. The van der Waals surface area contributed by atoms with Crippen LogP contribution in [-0.4, -0.2) is 46.3 Å². The molecule has 1 heterocycles. The Morgan fingerprint density at radius 1 is 1.09 bits per heavy atom. The summed E-state index contributed by atoms with van der Waals surface area (Å²) < 4.78 is 5.53. The predicted octanol–water partition coefficient (Wildman–Crippen LogP) is 2.78. The number of ether oxygens (including phenoxy) is 1. The average molecular weight is 436 g/mol. The van der Waals surface area contributed by atoms with Crippen molar-refractivity contribution in [2.45, 2.75) is 32.4 Å². The molecule has 32 heavy (non-hydrogen) atoms. The van der Waals surface area contributed by atoms with Gasteiger partial charge in [0.2, 0.25) is 11.8 Å². The molecule has 1 saturated heterocycles. The lowest BCUT2D eigenvalue weighted by Crippen LogP contribution is -2.44. The highest BCUT2D eigenvalue weighted by molar-refractivity contribution is 6.23. The maximum absolute atomic E-state index is 13.2. The molecule has 1 unspecified atom stereocenters. The second kappa shape index (κ2) is 10.4. The monoisotopic (exact) mass is 436 g/mol. The number of nitrogens with zero attached hydrogens (tertiary/aromatic N) is 2. The second-order valence-electron chi connectivity index (χ2n) is 7.25. The summed E-state index contributed by atoms with van der Waals surface area (Å²) >= 11 is 0. The number of amides is 3. The van der Waals surface area contributed by atoms with E-state index in [2.05, 4.69) is 0 Å². The number of carboxylic acid groups (broad SMARTS) is 1. The summed E-state index contributed by atoms with van der Waals surface area (Å²) in [5, 5.41) is 8.86. The van der Waals surface area contributed by atoms with Gasteiger partial charge in [0.05, 0.1) is 18.7 Å². The highest BCUT2D eigenvalue weighted by atomic mass is 16.5. The lowest BCUT2D eigenvalue weighted by atomic mass is 10.1. The lowest BCUT2D eigenvalue weighted by Gasteiger charge is -2.26. The minimum absolute atomic E-state index is 0.0605. The van der Waals surface area contributed by atoms with E-state index in [9.17, 15) is 19.2 Å². The summed E-state index contributed by atoms with van der Waals surface area (Å²) in [4.78, 5) is 51.8. The highest BCUT2D eigenvalue weighted by Crippen LogP contribution is 2.28. The van der Waals surface area contributed by atoms with Crippen LogP contribution in [0.1, 0.15) is 25.3 Å². The van der Waals surface area contributed by atoms with Gasteiger partial charge in [-0.15, -0.1) is 0 Å². The Labute approximate surface area is 185 Å². The summed E-state index contributed by atoms with van der Waals surface area (Å²) in [5.41, 5.74) is 1.14. The number of carbonyl (C=O) groups is 4. The van der Waals surface area contributed by atoms with Crippen LogP contribution >= 0.6 is 0 Å². The van der Waals surface area contributed by atoms with E-state index in [1.807, 2.05) is 13.0 Å². The molecule has 1 aliphatic rings. The molecule has 1 fully saturated rings. The molecule has 0 saturated carbocycles. The fourth-order valence-electron chi connectivity index (χ4n) is 3.40. The fraction of sp³-hybridized carbons (Fsp3) is 0.250. The van der Waals surface area contributed by atoms with Crippen LogP contribution in [0.3, 0.4) is 0 Å². The Morgan fingerprint density at radius 3 is 2.41 bits per heavy atom. The Bertz CT molecular complexity index is 1020. The van der Waals surface area contributed by atoms with Crippen LogP contribution in [-0.2, 0) is 25.7 Å². The van der Waals surface area contributed by atoms with Gasteiger partial charge in [0.25, 0.3) is 5.91 Å². The third-order valence-electron chi connectivity index (χ3n) is 4.91. The van der Waals surface area contributed by atoms with Gasteiger partial charge >= 0.3 is 5.97 Å². The summed E-state index contributed by atoms with van der Waals surface area (Å²) in [5.74, 6) is -2.28. The maximum Gasteiger partial charge on any atom is 0.328 e. The maximum atomic E-state index is 13.2. The molecule has 3 rings (SSSR count). The topological polar surface area (TPSA) is 104 Å². The molecule has 0 spiro atoms. The molecule has 0 bridgehead atoms.